The van der Waals surface area contributed by atoms with Crippen molar-refractivity contribution in [2.45, 2.75) is 37.8 Å². The van der Waals surface area contributed by atoms with E-state index in [1.54, 1.807) is 19.0 Å². The largest absolute Gasteiger partial charge is 0.490 e. The van der Waals surface area contributed by atoms with Crippen LogP contribution in [0, 0.1) is 5.92 Å². The highest BCUT2D eigenvalue weighted by Gasteiger charge is 2.42. The number of carboxylic acids is 1. The van der Waals surface area contributed by atoms with E-state index >= 15 is 0 Å². The average Bonchev–Trinajstić information content (AvgIpc) is 3.23. The van der Waals surface area contributed by atoms with Crippen molar-refractivity contribution >= 4 is 11.9 Å². The number of likely N-dealkylation sites (tertiary alicyclic amines) is 1. The van der Waals surface area contributed by atoms with Crippen molar-refractivity contribution in [2.75, 3.05) is 40.3 Å². The Labute approximate surface area is 179 Å². The van der Waals surface area contributed by atoms with Crippen LogP contribution in [0.2, 0.25) is 0 Å². The lowest BCUT2D eigenvalue weighted by Gasteiger charge is -2.19. The zero-order valence-electron chi connectivity index (χ0n) is 17.7. The molecular formula is C21H29F3N2O5. The van der Waals surface area contributed by atoms with Crippen LogP contribution in [0.1, 0.15) is 18.4 Å². The van der Waals surface area contributed by atoms with E-state index in [1.165, 1.54) is 5.56 Å². The first-order valence-electron chi connectivity index (χ1n) is 10.1. The van der Waals surface area contributed by atoms with Gasteiger partial charge in [0.25, 0.3) is 0 Å². The summed E-state index contributed by atoms with van der Waals surface area (Å²) in [5, 5.41) is 7.12. The molecule has 2 heterocycles. The van der Waals surface area contributed by atoms with Gasteiger partial charge in [-0.25, -0.2) is 4.79 Å². The van der Waals surface area contributed by atoms with Crippen LogP contribution in [-0.2, 0) is 25.7 Å². The molecule has 2 aliphatic heterocycles. The Bertz CT molecular complexity index is 701. The molecule has 7 nitrogen and oxygen atoms in total. The van der Waals surface area contributed by atoms with Gasteiger partial charge >= 0.3 is 12.1 Å². The third-order valence-electron chi connectivity index (χ3n) is 5.20. The third kappa shape index (κ3) is 8.47. The SMILES string of the molecule is CN(C)C(=O)C[C@H]1C[C@H]2CN(CCOCc3ccccc3)C[C@H]2O1.O=C(O)C(F)(F)F. The lowest BCUT2D eigenvalue weighted by Crippen LogP contribution is -2.30. The minimum Gasteiger partial charge on any atom is -0.475 e. The molecule has 1 aromatic carbocycles. The number of hydrogen-bond acceptors (Lipinski definition) is 5. The van der Waals surface area contributed by atoms with E-state index in [1.807, 2.05) is 18.2 Å². The lowest BCUT2D eigenvalue weighted by molar-refractivity contribution is -0.192. The van der Waals surface area contributed by atoms with Crippen molar-refractivity contribution in [2.24, 2.45) is 5.92 Å². The first kappa shape index (κ1) is 25.1. The number of carboxylic acid groups (broad SMARTS) is 1. The lowest BCUT2D eigenvalue weighted by atomic mass is 10.0. The Balaban J connectivity index is 0.000000423. The van der Waals surface area contributed by atoms with E-state index in [9.17, 15) is 18.0 Å². The fraction of sp³-hybridized carbons (Fsp3) is 0.619. The number of halogens is 3. The average molecular weight is 446 g/mol. The molecule has 0 aromatic heterocycles. The summed E-state index contributed by atoms with van der Waals surface area (Å²) in [5.41, 5.74) is 1.22. The number of carbonyl (C=O) groups excluding carboxylic acids is 1. The van der Waals surface area contributed by atoms with Crippen molar-refractivity contribution in [1.29, 1.82) is 0 Å². The minimum absolute atomic E-state index is 0.103. The Hall–Kier alpha value is -2.17. The van der Waals surface area contributed by atoms with Crippen molar-refractivity contribution < 1.29 is 37.3 Å². The molecule has 174 valence electrons. The van der Waals surface area contributed by atoms with Crippen LogP contribution >= 0.6 is 0 Å². The number of carbonyl (C=O) groups is 2. The van der Waals surface area contributed by atoms with Gasteiger partial charge in [0.15, 0.2) is 0 Å². The van der Waals surface area contributed by atoms with Crippen molar-refractivity contribution in [1.82, 2.24) is 9.80 Å². The maximum atomic E-state index is 11.8. The molecular weight excluding hydrogens is 417 g/mol. The zero-order valence-corrected chi connectivity index (χ0v) is 17.7. The number of rotatable bonds is 7. The third-order valence-corrected chi connectivity index (χ3v) is 5.20. The van der Waals surface area contributed by atoms with Gasteiger partial charge in [-0.2, -0.15) is 13.2 Å². The maximum absolute atomic E-state index is 11.8. The molecule has 2 aliphatic rings. The zero-order chi connectivity index (χ0) is 23.0. The highest BCUT2D eigenvalue weighted by molar-refractivity contribution is 5.76. The molecule has 2 fully saturated rings. The summed E-state index contributed by atoms with van der Waals surface area (Å²) in [6.45, 7) is 4.40. The molecule has 2 saturated heterocycles. The van der Waals surface area contributed by atoms with Crippen molar-refractivity contribution in [3.8, 4) is 0 Å². The van der Waals surface area contributed by atoms with Crippen LogP contribution in [0.3, 0.4) is 0 Å². The molecule has 1 amide bonds. The maximum Gasteiger partial charge on any atom is 0.490 e. The topological polar surface area (TPSA) is 79.3 Å². The van der Waals surface area contributed by atoms with Crippen LogP contribution in [0.15, 0.2) is 30.3 Å². The Morgan fingerprint density at radius 3 is 2.42 bits per heavy atom. The van der Waals surface area contributed by atoms with Gasteiger partial charge in [-0.3, -0.25) is 9.69 Å². The highest BCUT2D eigenvalue weighted by atomic mass is 19.4. The summed E-state index contributed by atoms with van der Waals surface area (Å²) in [6.07, 6.45) is -3.17. The molecule has 0 aliphatic carbocycles. The number of hydrogen-bond donors (Lipinski definition) is 1. The number of nitrogens with zero attached hydrogens (tertiary/aromatic N) is 2. The summed E-state index contributed by atoms with van der Waals surface area (Å²) in [6, 6.07) is 10.3. The molecule has 31 heavy (non-hydrogen) atoms. The van der Waals surface area contributed by atoms with Gasteiger partial charge in [-0.15, -0.1) is 0 Å². The van der Waals surface area contributed by atoms with E-state index in [4.69, 9.17) is 19.4 Å². The number of amides is 1. The molecule has 0 unspecified atom stereocenters. The van der Waals surface area contributed by atoms with Gasteiger partial charge in [0.1, 0.15) is 0 Å². The molecule has 0 spiro atoms. The molecule has 0 bridgehead atoms. The van der Waals surface area contributed by atoms with Gasteiger partial charge in [0.05, 0.1) is 31.8 Å². The monoisotopic (exact) mass is 446 g/mol. The number of aliphatic carboxylic acids is 1. The Morgan fingerprint density at radius 1 is 1.23 bits per heavy atom. The van der Waals surface area contributed by atoms with Gasteiger partial charge < -0.3 is 19.5 Å². The van der Waals surface area contributed by atoms with E-state index in [-0.39, 0.29) is 12.0 Å². The quantitative estimate of drug-likeness (QED) is 0.648. The highest BCUT2D eigenvalue weighted by Crippen LogP contribution is 2.34. The number of benzene rings is 1. The molecule has 3 rings (SSSR count). The first-order chi connectivity index (χ1) is 14.6. The first-order valence-corrected chi connectivity index (χ1v) is 10.1. The molecule has 0 radical (unpaired) electrons. The second-order valence-corrected chi connectivity index (χ2v) is 7.89. The molecule has 1 N–H and O–H groups in total. The Morgan fingerprint density at radius 2 is 1.87 bits per heavy atom. The second-order valence-electron chi connectivity index (χ2n) is 7.89. The van der Waals surface area contributed by atoms with Gasteiger partial charge in [0.2, 0.25) is 5.91 Å². The molecule has 1 aromatic rings. The van der Waals surface area contributed by atoms with E-state index in [0.717, 1.165) is 32.7 Å². The van der Waals surface area contributed by atoms with Crippen molar-refractivity contribution in [3.63, 3.8) is 0 Å². The van der Waals surface area contributed by atoms with Crippen LogP contribution in [0.5, 0.6) is 0 Å². The fourth-order valence-corrected chi connectivity index (χ4v) is 3.60. The molecule has 3 atom stereocenters. The van der Waals surface area contributed by atoms with E-state index in [0.29, 0.717) is 25.0 Å². The van der Waals surface area contributed by atoms with Crippen LogP contribution < -0.4 is 0 Å². The van der Waals surface area contributed by atoms with Crippen molar-refractivity contribution in [3.05, 3.63) is 35.9 Å². The van der Waals surface area contributed by atoms with Crippen LogP contribution in [0.4, 0.5) is 13.2 Å². The second kappa shape index (κ2) is 11.4. The normalized spacial score (nSPS) is 23.1. The summed E-state index contributed by atoms with van der Waals surface area (Å²) < 4.78 is 43.6. The number of ether oxygens (including phenoxy) is 2. The standard InChI is InChI=1S/C19H28N2O3.C2HF3O2/c1-20(2)19(22)11-17-10-16-12-21(13-18(16)24-17)8-9-23-14-15-6-4-3-5-7-15;3-2(4,5)1(6)7/h3-7,16-18H,8-14H2,1-2H3;(H,6,7)/t16-,17+,18+;/m0./s1. The Kier molecular flexibility index (Phi) is 9.27. The molecule has 10 heteroatoms. The van der Waals surface area contributed by atoms with Crippen LogP contribution in [0.25, 0.3) is 0 Å². The number of fused-ring (bicyclic) bond motifs is 1. The minimum atomic E-state index is -5.08. The summed E-state index contributed by atoms with van der Waals surface area (Å²) in [5.74, 6) is -2.03. The van der Waals surface area contributed by atoms with Gasteiger partial charge in [-0.05, 0) is 12.0 Å². The smallest absolute Gasteiger partial charge is 0.475 e. The van der Waals surface area contributed by atoms with E-state index in [2.05, 4.69) is 17.0 Å². The van der Waals surface area contributed by atoms with Crippen LogP contribution in [-0.4, -0.2) is 85.5 Å². The van der Waals surface area contributed by atoms with Gasteiger partial charge in [0, 0.05) is 39.6 Å². The summed E-state index contributed by atoms with van der Waals surface area (Å²) in [7, 11) is 3.60. The fourth-order valence-electron chi connectivity index (χ4n) is 3.60. The molecule has 0 saturated carbocycles. The predicted molar refractivity (Wildman–Crippen MR) is 106 cm³/mol. The van der Waals surface area contributed by atoms with E-state index < -0.39 is 12.1 Å². The summed E-state index contributed by atoms with van der Waals surface area (Å²) in [4.78, 5) is 24.8. The summed E-state index contributed by atoms with van der Waals surface area (Å²) >= 11 is 0. The predicted octanol–water partition coefficient (Wildman–Crippen LogP) is 2.40. The van der Waals surface area contributed by atoms with Gasteiger partial charge in [-0.1, -0.05) is 30.3 Å². The number of alkyl halides is 3.